The number of hydrogen-bond acceptors (Lipinski definition) is 3. The van der Waals surface area contributed by atoms with Gasteiger partial charge in [-0.2, -0.15) is 0 Å². The number of ether oxygens (including phenoxy) is 1. The molecule has 0 aromatic carbocycles. The third-order valence-corrected chi connectivity index (χ3v) is 1.99. The van der Waals surface area contributed by atoms with Crippen molar-refractivity contribution >= 4 is 16.8 Å². The molecule has 0 fully saturated rings. The second kappa shape index (κ2) is 2.84. The molecule has 0 aliphatic carbocycles. The van der Waals surface area contributed by atoms with E-state index in [-0.39, 0.29) is 0 Å². The second-order valence-corrected chi connectivity index (χ2v) is 2.95. The zero-order valence-electron chi connectivity index (χ0n) is 6.21. The van der Waals surface area contributed by atoms with Crippen molar-refractivity contribution in [3.05, 3.63) is 29.1 Å². The number of rotatable bonds is 1. The minimum Gasteiger partial charge on any atom is -0.372 e. The van der Waals surface area contributed by atoms with Gasteiger partial charge in [-0.05, 0) is 23.2 Å². The number of carbonyl (C=O) groups is 1. The molecule has 0 bridgehead atoms. The van der Waals surface area contributed by atoms with E-state index >= 15 is 0 Å². The number of pyridine rings is 1. The van der Waals surface area contributed by atoms with E-state index in [1.807, 2.05) is 0 Å². The van der Waals surface area contributed by atoms with Crippen molar-refractivity contribution in [3.8, 4) is 0 Å². The summed E-state index contributed by atoms with van der Waals surface area (Å²) in [5, 5.41) is -0.523. The molecule has 2 heterocycles. The van der Waals surface area contributed by atoms with Crippen LogP contribution >= 0.6 is 11.6 Å². The van der Waals surface area contributed by atoms with Crippen molar-refractivity contribution in [2.75, 3.05) is 0 Å². The van der Waals surface area contributed by atoms with Crippen LogP contribution in [0.2, 0.25) is 0 Å². The van der Waals surface area contributed by atoms with Gasteiger partial charge < -0.3 is 4.74 Å². The predicted octanol–water partition coefficient (Wildman–Crippen LogP) is 1.49. The smallest absolute Gasteiger partial charge is 0.270 e. The lowest BCUT2D eigenvalue weighted by molar-refractivity contribution is 0.107. The molecular weight excluding hydrogens is 178 g/mol. The molecule has 4 heteroatoms. The monoisotopic (exact) mass is 183 g/mol. The first kappa shape index (κ1) is 7.71. The van der Waals surface area contributed by atoms with Crippen LogP contribution in [0.3, 0.4) is 0 Å². The molecule has 1 aromatic heterocycles. The summed E-state index contributed by atoms with van der Waals surface area (Å²) < 4.78 is 5.16. The molecule has 0 unspecified atom stereocenters. The Kier molecular flexibility index (Phi) is 1.83. The maximum absolute atomic E-state index is 10.7. The van der Waals surface area contributed by atoms with Crippen LogP contribution in [0.5, 0.6) is 0 Å². The fourth-order valence-corrected chi connectivity index (χ4v) is 1.27. The molecule has 0 atom stereocenters. The summed E-state index contributed by atoms with van der Waals surface area (Å²) in [7, 11) is 0. The average molecular weight is 184 g/mol. The van der Waals surface area contributed by atoms with E-state index in [9.17, 15) is 4.79 Å². The summed E-state index contributed by atoms with van der Waals surface area (Å²) in [5.74, 6) is 0. The first-order valence-electron chi connectivity index (χ1n) is 3.53. The van der Waals surface area contributed by atoms with Crippen LogP contribution in [-0.2, 0) is 18.0 Å². The molecule has 3 nitrogen and oxygen atoms in total. The molecule has 2 rings (SSSR count). The first-order chi connectivity index (χ1) is 5.77. The predicted molar refractivity (Wildman–Crippen MR) is 42.9 cm³/mol. The Balaban J connectivity index is 2.45. The van der Waals surface area contributed by atoms with Crippen LogP contribution in [0.15, 0.2) is 12.3 Å². The number of fused-ring (bicyclic) bond motifs is 1. The molecule has 0 saturated carbocycles. The highest BCUT2D eigenvalue weighted by Crippen LogP contribution is 2.19. The lowest BCUT2D eigenvalue weighted by Gasteiger charge is -1.96. The quantitative estimate of drug-likeness (QED) is 0.620. The largest absolute Gasteiger partial charge is 0.372 e. The van der Waals surface area contributed by atoms with Crippen LogP contribution in [0, 0.1) is 0 Å². The van der Waals surface area contributed by atoms with Crippen LogP contribution in [0.25, 0.3) is 0 Å². The van der Waals surface area contributed by atoms with Crippen LogP contribution in [-0.4, -0.2) is 10.2 Å². The molecular formula is C8H6ClNO2. The van der Waals surface area contributed by atoms with Crippen molar-refractivity contribution < 1.29 is 9.53 Å². The summed E-state index contributed by atoms with van der Waals surface area (Å²) >= 11 is 5.26. The molecule has 0 saturated heterocycles. The van der Waals surface area contributed by atoms with E-state index in [0.717, 1.165) is 11.1 Å². The van der Waals surface area contributed by atoms with Crippen molar-refractivity contribution in [2.24, 2.45) is 0 Å². The van der Waals surface area contributed by atoms with E-state index in [2.05, 4.69) is 4.98 Å². The van der Waals surface area contributed by atoms with Crippen molar-refractivity contribution in [2.45, 2.75) is 13.2 Å². The maximum atomic E-state index is 10.7. The third kappa shape index (κ3) is 1.21. The van der Waals surface area contributed by atoms with Crippen LogP contribution in [0.1, 0.15) is 21.6 Å². The zero-order valence-corrected chi connectivity index (χ0v) is 6.97. The standard InChI is InChI=1S/C8H6ClNO2/c9-8(11)7-1-5-3-12-4-6(5)2-10-7/h1-2H,3-4H2. The molecule has 1 aliphatic heterocycles. The van der Waals surface area contributed by atoms with E-state index in [1.54, 1.807) is 12.3 Å². The highest BCUT2D eigenvalue weighted by Gasteiger charge is 2.13. The Labute approximate surface area is 74.3 Å². The number of halogens is 1. The Hall–Kier alpha value is -0.930. The van der Waals surface area contributed by atoms with Gasteiger partial charge in [-0.25, -0.2) is 0 Å². The summed E-state index contributed by atoms with van der Waals surface area (Å²) in [6, 6.07) is 1.68. The Morgan fingerprint density at radius 2 is 2.25 bits per heavy atom. The highest BCUT2D eigenvalue weighted by molar-refractivity contribution is 6.67. The van der Waals surface area contributed by atoms with Gasteiger partial charge in [-0.3, -0.25) is 9.78 Å². The van der Waals surface area contributed by atoms with E-state index < -0.39 is 5.24 Å². The summed E-state index contributed by atoms with van der Waals surface area (Å²) in [5.41, 5.74) is 2.34. The van der Waals surface area contributed by atoms with Gasteiger partial charge in [0.15, 0.2) is 0 Å². The molecule has 0 radical (unpaired) electrons. The maximum Gasteiger partial charge on any atom is 0.270 e. The SMILES string of the molecule is O=C(Cl)c1cc2c(cn1)COC2. The van der Waals surface area contributed by atoms with Crippen LogP contribution < -0.4 is 0 Å². The van der Waals surface area contributed by atoms with Gasteiger partial charge in [0.25, 0.3) is 5.24 Å². The molecule has 62 valence electrons. The second-order valence-electron chi connectivity index (χ2n) is 2.60. The topological polar surface area (TPSA) is 39.2 Å². The summed E-state index contributed by atoms with van der Waals surface area (Å²) in [6.45, 7) is 1.13. The normalized spacial score (nSPS) is 14.4. The summed E-state index contributed by atoms with van der Waals surface area (Å²) in [6.07, 6.45) is 1.64. The Morgan fingerprint density at radius 1 is 1.50 bits per heavy atom. The van der Waals surface area contributed by atoms with Gasteiger partial charge in [0.1, 0.15) is 5.69 Å². The Morgan fingerprint density at radius 3 is 3.00 bits per heavy atom. The number of hydrogen-bond donors (Lipinski definition) is 0. The lowest BCUT2D eigenvalue weighted by Crippen LogP contribution is -1.96. The van der Waals surface area contributed by atoms with E-state index in [4.69, 9.17) is 16.3 Å². The minimum absolute atomic E-state index is 0.293. The lowest BCUT2D eigenvalue weighted by atomic mass is 10.1. The van der Waals surface area contributed by atoms with Gasteiger partial charge in [-0.15, -0.1) is 0 Å². The number of carbonyl (C=O) groups excluding carboxylic acids is 1. The number of aromatic nitrogens is 1. The fourth-order valence-electron chi connectivity index (χ4n) is 1.17. The minimum atomic E-state index is -0.523. The van der Waals surface area contributed by atoms with Crippen LogP contribution in [0.4, 0.5) is 0 Å². The molecule has 12 heavy (non-hydrogen) atoms. The first-order valence-corrected chi connectivity index (χ1v) is 3.90. The van der Waals surface area contributed by atoms with Crippen molar-refractivity contribution in [3.63, 3.8) is 0 Å². The van der Waals surface area contributed by atoms with Crippen molar-refractivity contribution in [1.29, 1.82) is 0 Å². The summed E-state index contributed by atoms with van der Waals surface area (Å²) in [4.78, 5) is 14.6. The molecule has 0 amide bonds. The Bertz CT molecular complexity index is 338. The molecule has 0 spiro atoms. The fraction of sp³-hybridized carbons (Fsp3) is 0.250. The van der Waals surface area contributed by atoms with E-state index in [0.29, 0.717) is 18.9 Å². The van der Waals surface area contributed by atoms with Gasteiger partial charge in [0.2, 0.25) is 0 Å². The molecule has 1 aromatic rings. The number of nitrogens with zero attached hydrogens (tertiary/aromatic N) is 1. The highest BCUT2D eigenvalue weighted by atomic mass is 35.5. The van der Waals surface area contributed by atoms with Gasteiger partial charge in [0.05, 0.1) is 13.2 Å². The van der Waals surface area contributed by atoms with Gasteiger partial charge >= 0.3 is 0 Å². The zero-order chi connectivity index (χ0) is 8.55. The van der Waals surface area contributed by atoms with Gasteiger partial charge in [0, 0.05) is 11.8 Å². The molecule has 0 N–H and O–H groups in total. The molecule has 1 aliphatic rings. The average Bonchev–Trinajstić information content (AvgIpc) is 2.49. The third-order valence-electron chi connectivity index (χ3n) is 1.80. The van der Waals surface area contributed by atoms with Gasteiger partial charge in [-0.1, -0.05) is 0 Å². The van der Waals surface area contributed by atoms with E-state index in [1.165, 1.54) is 0 Å². The van der Waals surface area contributed by atoms with Crippen molar-refractivity contribution in [1.82, 2.24) is 4.98 Å².